The lowest BCUT2D eigenvalue weighted by Crippen LogP contribution is -2.09. The van der Waals surface area contributed by atoms with Gasteiger partial charge in [-0.3, -0.25) is 9.79 Å². The molecule has 1 saturated carbocycles. The molecule has 1 aliphatic carbocycles. The predicted molar refractivity (Wildman–Crippen MR) is 66.3 cm³/mol. The average Bonchev–Trinajstić information content (AvgIpc) is 2.38. The van der Waals surface area contributed by atoms with Crippen LogP contribution < -0.4 is 0 Å². The molecule has 0 spiro atoms. The second-order valence-electron chi connectivity index (χ2n) is 4.35. The summed E-state index contributed by atoms with van der Waals surface area (Å²) in [5.41, 5.74) is 1.80. The summed E-state index contributed by atoms with van der Waals surface area (Å²) in [5, 5.41) is 0. The van der Waals surface area contributed by atoms with Crippen LogP contribution in [0.1, 0.15) is 48.0 Å². The van der Waals surface area contributed by atoms with Crippen LogP contribution in [-0.2, 0) is 0 Å². The Labute approximate surface area is 96.4 Å². The lowest BCUT2D eigenvalue weighted by Gasteiger charge is -2.17. The minimum Gasteiger partial charge on any atom is -0.298 e. The van der Waals surface area contributed by atoms with Crippen LogP contribution in [0.15, 0.2) is 29.3 Å². The van der Waals surface area contributed by atoms with Crippen LogP contribution in [-0.4, -0.2) is 18.5 Å². The molecular formula is C14H17NO. The van der Waals surface area contributed by atoms with Gasteiger partial charge in [0, 0.05) is 17.8 Å². The van der Waals surface area contributed by atoms with E-state index in [1.165, 1.54) is 32.1 Å². The van der Waals surface area contributed by atoms with Gasteiger partial charge in [-0.2, -0.15) is 0 Å². The molecule has 1 fully saturated rings. The van der Waals surface area contributed by atoms with E-state index in [1.807, 2.05) is 30.5 Å². The summed E-state index contributed by atoms with van der Waals surface area (Å²) in [4.78, 5) is 15.1. The fraction of sp³-hybridized carbons (Fsp3) is 0.429. The maximum atomic E-state index is 10.5. The molecule has 0 bridgehead atoms. The van der Waals surface area contributed by atoms with Crippen molar-refractivity contribution in [3.8, 4) is 0 Å². The molecule has 0 amide bonds. The average molecular weight is 215 g/mol. The van der Waals surface area contributed by atoms with Crippen molar-refractivity contribution in [2.24, 2.45) is 4.99 Å². The van der Waals surface area contributed by atoms with E-state index in [4.69, 9.17) is 0 Å². The lowest BCUT2D eigenvalue weighted by atomic mass is 9.96. The van der Waals surface area contributed by atoms with Gasteiger partial charge in [-0.1, -0.05) is 43.5 Å². The first-order valence-electron chi connectivity index (χ1n) is 5.97. The largest absolute Gasteiger partial charge is 0.298 e. The van der Waals surface area contributed by atoms with Crippen molar-refractivity contribution in [2.75, 3.05) is 0 Å². The van der Waals surface area contributed by atoms with Gasteiger partial charge in [-0.15, -0.1) is 0 Å². The standard InChI is InChI=1S/C14H17NO/c16-11-13-8-6-12(7-9-13)10-15-14-4-2-1-3-5-14/h6-11,14H,1-5H2. The summed E-state index contributed by atoms with van der Waals surface area (Å²) in [6, 6.07) is 8.05. The van der Waals surface area contributed by atoms with Gasteiger partial charge in [0.15, 0.2) is 0 Å². The molecule has 84 valence electrons. The van der Waals surface area contributed by atoms with Gasteiger partial charge in [0.2, 0.25) is 0 Å². The van der Waals surface area contributed by atoms with Gasteiger partial charge >= 0.3 is 0 Å². The summed E-state index contributed by atoms with van der Waals surface area (Å²) in [6.07, 6.45) is 9.23. The van der Waals surface area contributed by atoms with Gasteiger partial charge in [-0.25, -0.2) is 0 Å². The highest BCUT2D eigenvalue weighted by molar-refractivity contribution is 5.82. The van der Waals surface area contributed by atoms with Crippen molar-refractivity contribution in [1.82, 2.24) is 0 Å². The van der Waals surface area contributed by atoms with E-state index in [0.29, 0.717) is 6.04 Å². The fourth-order valence-electron chi connectivity index (χ4n) is 2.08. The third-order valence-electron chi connectivity index (χ3n) is 3.08. The number of aldehydes is 1. The Balaban J connectivity index is 1.96. The van der Waals surface area contributed by atoms with Crippen molar-refractivity contribution in [1.29, 1.82) is 0 Å². The van der Waals surface area contributed by atoms with Crippen molar-refractivity contribution >= 4 is 12.5 Å². The number of carbonyl (C=O) groups is 1. The number of nitrogens with zero attached hydrogens (tertiary/aromatic N) is 1. The molecule has 1 aromatic rings. The Morgan fingerprint density at radius 1 is 1.00 bits per heavy atom. The zero-order valence-electron chi connectivity index (χ0n) is 9.43. The molecule has 0 N–H and O–H groups in total. The molecule has 0 atom stereocenters. The van der Waals surface area contributed by atoms with Crippen LogP contribution in [0.25, 0.3) is 0 Å². The fourth-order valence-corrected chi connectivity index (χ4v) is 2.08. The third-order valence-corrected chi connectivity index (χ3v) is 3.08. The predicted octanol–water partition coefficient (Wildman–Crippen LogP) is 3.25. The summed E-state index contributed by atoms with van der Waals surface area (Å²) in [5.74, 6) is 0. The first kappa shape index (κ1) is 11.1. The van der Waals surface area contributed by atoms with Crippen LogP contribution in [0, 0.1) is 0 Å². The highest BCUT2D eigenvalue weighted by atomic mass is 16.1. The number of carbonyl (C=O) groups excluding carboxylic acids is 1. The topological polar surface area (TPSA) is 29.4 Å². The van der Waals surface area contributed by atoms with Crippen LogP contribution in [0.3, 0.4) is 0 Å². The van der Waals surface area contributed by atoms with E-state index < -0.39 is 0 Å². The highest BCUT2D eigenvalue weighted by Gasteiger charge is 2.10. The van der Waals surface area contributed by atoms with Crippen molar-refractivity contribution in [2.45, 2.75) is 38.1 Å². The van der Waals surface area contributed by atoms with Crippen LogP contribution in [0.5, 0.6) is 0 Å². The maximum absolute atomic E-state index is 10.5. The van der Waals surface area contributed by atoms with E-state index >= 15 is 0 Å². The summed E-state index contributed by atoms with van der Waals surface area (Å²) in [6.45, 7) is 0. The maximum Gasteiger partial charge on any atom is 0.150 e. The highest BCUT2D eigenvalue weighted by Crippen LogP contribution is 2.20. The number of hydrogen-bond acceptors (Lipinski definition) is 2. The Morgan fingerprint density at radius 3 is 2.25 bits per heavy atom. The lowest BCUT2D eigenvalue weighted by molar-refractivity contribution is 0.112. The number of rotatable bonds is 3. The summed E-state index contributed by atoms with van der Waals surface area (Å²) in [7, 11) is 0. The van der Waals surface area contributed by atoms with Crippen molar-refractivity contribution in [3.63, 3.8) is 0 Å². The minimum absolute atomic E-state index is 0.513. The molecule has 1 aromatic carbocycles. The van der Waals surface area contributed by atoms with Crippen LogP contribution in [0.4, 0.5) is 0 Å². The molecular weight excluding hydrogens is 198 g/mol. The van der Waals surface area contributed by atoms with E-state index in [1.54, 1.807) is 0 Å². The summed E-state index contributed by atoms with van der Waals surface area (Å²) >= 11 is 0. The monoisotopic (exact) mass is 215 g/mol. The molecule has 0 saturated heterocycles. The quantitative estimate of drug-likeness (QED) is 0.562. The molecule has 2 heteroatoms. The number of hydrogen-bond donors (Lipinski definition) is 0. The van der Waals surface area contributed by atoms with Crippen molar-refractivity contribution in [3.05, 3.63) is 35.4 Å². The van der Waals surface area contributed by atoms with Crippen molar-refractivity contribution < 1.29 is 4.79 Å². The van der Waals surface area contributed by atoms with Gasteiger partial charge in [0.1, 0.15) is 6.29 Å². The smallest absolute Gasteiger partial charge is 0.150 e. The zero-order valence-corrected chi connectivity index (χ0v) is 9.43. The molecule has 2 nitrogen and oxygen atoms in total. The first-order valence-corrected chi connectivity index (χ1v) is 5.97. The Hall–Kier alpha value is -1.44. The first-order chi connectivity index (χ1) is 7.88. The second kappa shape index (κ2) is 5.59. The molecule has 16 heavy (non-hydrogen) atoms. The van der Waals surface area contributed by atoms with Gasteiger partial charge < -0.3 is 0 Å². The van der Waals surface area contributed by atoms with Crippen LogP contribution in [0.2, 0.25) is 0 Å². The van der Waals surface area contributed by atoms with E-state index in [0.717, 1.165) is 17.4 Å². The van der Waals surface area contributed by atoms with E-state index in [-0.39, 0.29) is 0 Å². The van der Waals surface area contributed by atoms with Crippen LogP contribution >= 0.6 is 0 Å². The molecule has 0 heterocycles. The SMILES string of the molecule is O=Cc1ccc(C=NC2CCCCC2)cc1. The van der Waals surface area contributed by atoms with E-state index in [2.05, 4.69) is 4.99 Å². The Morgan fingerprint density at radius 2 is 1.62 bits per heavy atom. The molecule has 1 aliphatic rings. The molecule has 0 unspecified atom stereocenters. The zero-order chi connectivity index (χ0) is 11.2. The normalized spacial score (nSPS) is 17.8. The number of aliphatic imine (C=N–C) groups is 1. The third kappa shape index (κ3) is 3.02. The van der Waals surface area contributed by atoms with E-state index in [9.17, 15) is 4.79 Å². The van der Waals surface area contributed by atoms with Gasteiger partial charge in [0.05, 0.1) is 0 Å². The molecule has 0 aliphatic heterocycles. The second-order valence-corrected chi connectivity index (χ2v) is 4.35. The van der Waals surface area contributed by atoms with Gasteiger partial charge in [-0.05, 0) is 18.4 Å². The Bertz CT molecular complexity index is 361. The summed E-state index contributed by atoms with van der Waals surface area (Å²) < 4.78 is 0. The molecule has 0 aromatic heterocycles. The Kier molecular flexibility index (Phi) is 3.86. The molecule has 2 rings (SSSR count). The number of benzene rings is 1. The van der Waals surface area contributed by atoms with Gasteiger partial charge in [0.25, 0.3) is 0 Å². The minimum atomic E-state index is 0.513. The molecule has 0 radical (unpaired) electrons.